The number of rotatable bonds is 7. The fourth-order valence-corrected chi connectivity index (χ4v) is 5.04. The van der Waals surface area contributed by atoms with E-state index in [9.17, 15) is 4.79 Å². The summed E-state index contributed by atoms with van der Waals surface area (Å²) in [7, 11) is 3.25. The van der Waals surface area contributed by atoms with E-state index >= 15 is 0 Å². The minimum absolute atomic E-state index is 0.311. The zero-order valence-corrected chi connectivity index (χ0v) is 16.8. The standard InChI is InChI=1S/C21H28N2O3S/c1-25-18-7-6-15(13-19(18)26-2)14-21(23-16-8-11-27-12-9-16)10-4-3-5-17(21)20(22)24/h3-7,10,13,16-17,23H,8-9,11-12,14H2,1-2H3,(H2,22,24). The van der Waals surface area contributed by atoms with Gasteiger partial charge in [0.05, 0.1) is 25.7 Å². The molecule has 0 aromatic heterocycles. The first-order valence-electron chi connectivity index (χ1n) is 9.29. The van der Waals surface area contributed by atoms with Gasteiger partial charge < -0.3 is 20.5 Å². The maximum Gasteiger partial charge on any atom is 0.226 e. The van der Waals surface area contributed by atoms with Gasteiger partial charge in [-0.15, -0.1) is 0 Å². The number of thioether (sulfide) groups is 1. The smallest absolute Gasteiger partial charge is 0.226 e. The number of carbonyl (C=O) groups is 1. The molecule has 1 aromatic rings. The Kier molecular flexibility index (Phi) is 6.50. The maximum absolute atomic E-state index is 12.3. The average Bonchev–Trinajstić information content (AvgIpc) is 2.68. The van der Waals surface area contributed by atoms with E-state index in [-0.39, 0.29) is 5.91 Å². The van der Waals surface area contributed by atoms with Crippen molar-refractivity contribution in [2.24, 2.45) is 11.7 Å². The fourth-order valence-electron chi connectivity index (χ4n) is 3.93. The summed E-state index contributed by atoms with van der Waals surface area (Å²) in [5.74, 6) is 2.96. The molecule has 2 atom stereocenters. The molecule has 2 unspecified atom stereocenters. The van der Waals surface area contributed by atoms with E-state index in [0.717, 1.165) is 29.9 Å². The van der Waals surface area contributed by atoms with Crippen molar-refractivity contribution < 1.29 is 14.3 Å². The molecule has 1 amide bonds. The molecule has 1 aliphatic carbocycles. The zero-order chi connectivity index (χ0) is 19.3. The quantitative estimate of drug-likeness (QED) is 0.751. The molecule has 1 saturated heterocycles. The van der Waals surface area contributed by atoms with Crippen LogP contribution in [0.2, 0.25) is 0 Å². The Labute approximate surface area is 165 Å². The van der Waals surface area contributed by atoms with Crippen LogP contribution in [0.3, 0.4) is 0 Å². The van der Waals surface area contributed by atoms with Crippen LogP contribution < -0.4 is 20.5 Å². The molecule has 5 nitrogen and oxygen atoms in total. The first-order valence-corrected chi connectivity index (χ1v) is 10.4. The second kappa shape index (κ2) is 8.85. The molecule has 6 heteroatoms. The Bertz CT molecular complexity index is 728. The topological polar surface area (TPSA) is 73.6 Å². The second-order valence-corrected chi connectivity index (χ2v) is 8.29. The summed E-state index contributed by atoms with van der Waals surface area (Å²) in [6.07, 6.45) is 10.8. The first-order chi connectivity index (χ1) is 13.1. The maximum atomic E-state index is 12.3. The van der Waals surface area contributed by atoms with E-state index < -0.39 is 11.5 Å². The Morgan fingerprint density at radius 2 is 1.96 bits per heavy atom. The SMILES string of the molecule is COc1ccc(CC2(NC3CCSCC3)C=CC=CC2C(N)=O)cc1OC. The summed E-state index contributed by atoms with van der Waals surface area (Å²) in [5.41, 5.74) is 6.32. The molecular formula is C21H28N2O3S. The van der Waals surface area contributed by atoms with Crippen LogP contribution in [0.4, 0.5) is 0 Å². The molecule has 0 saturated carbocycles. The molecule has 146 valence electrons. The minimum atomic E-state index is -0.535. The molecule has 3 rings (SSSR count). The van der Waals surface area contributed by atoms with E-state index in [1.165, 1.54) is 0 Å². The number of benzene rings is 1. The molecule has 1 heterocycles. The monoisotopic (exact) mass is 388 g/mol. The van der Waals surface area contributed by atoms with Gasteiger partial charge in [0.25, 0.3) is 0 Å². The molecule has 3 N–H and O–H groups in total. The van der Waals surface area contributed by atoms with Gasteiger partial charge in [-0.25, -0.2) is 0 Å². The van der Waals surface area contributed by atoms with Crippen molar-refractivity contribution in [1.29, 1.82) is 0 Å². The molecule has 0 spiro atoms. The van der Waals surface area contributed by atoms with Crippen molar-refractivity contribution >= 4 is 17.7 Å². The number of methoxy groups -OCH3 is 2. The largest absolute Gasteiger partial charge is 0.493 e. The van der Waals surface area contributed by atoms with Gasteiger partial charge in [0, 0.05) is 6.04 Å². The van der Waals surface area contributed by atoms with Crippen molar-refractivity contribution in [2.75, 3.05) is 25.7 Å². The van der Waals surface area contributed by atoms with Crippen molar-refractivity contribution in [3.05, 3.63) is 48.1 Å². The Hall–Kier alpha value is -1.92. The van der Waals surface area contributed by atoms with Crippen LogP contribution >= 0.6 is 11.8 Å². The lowest BCUT2D eigenvalue weighted by molar-refractivity contribution is -0.122. The van der Waals surface area contributed by atoms with Gasteiger partial charge in [0.1, 0.15) is 0 Å². The number of primary amides is 1. The summed E-state index contributed by atoms with van der Waals surface area (Å²) in [6.45, 7) is 0. The van der Waals surface area contributed by atoms with Gasteiger partial charge in [0.15, 0.2) is 11.5 Å². The van der Waals surface area contributed by atoms with Gasteiger partial charge >= 0.3 is 0 Å². The van der Waals surface area contributed by atoms with Gasteiger partial charge in [-0.3, -0.25) is 4.79 Å². The first kappa shape index (κ1) is 19.8. The summed E-state index contributed by atoms with van der Waals surface area (Å²) >= 11 is 1.99. The number of nitrogens with two attached hydrogens (primary N) is 1. The zero-order valence-electron chi connectivity index (χ0n) is 15.9. The average molecular weight is 389 g/mol. The molecule has 1 aromatic carbocycles. The van der Waals surface area contributed by atoms with Crippen LogP contribution in [0.1, 0.15) is 18.4 Å². The number of carbonyl (C=O) groups excluding carboxylic acids is 1. The highest BCUT2D eigenvalue weighted by molar-refractivity contribution is 7.99. The molecule has 0 bridgehead atoms. The van der Waals surface area contributed by atoms with Crippen molar-refractivity contribution in [2.45, 2.75) is 30.8 Å². The lowest BCUT2D eigenvalue weighted by Gasteiger charge is -2.42. The van der Waals surface area contributed by atoms with Crippen molar-refractivity contribution in [3.63, 3.8) is 0 Å². The van der Waals surface area contributed by atoms with Gasteiger partial charge in [-0.1, -0.05) is 30.4 Å². The third-order valence-corrected chi connectivity index (χ3v) is 6.36. The van der Waals surface area contributed by atoms with Crippen LogP contribution in [-0.4, -0.2) is 43.2 Å². The van der Waals surface area contributed by atoms with Gasteiger partial charge in [-0.2, -0.15) is 11.8 Å². The van der Waals surface area contributed by atoms with Crippen LogP contribution in [0.5, 0.6) is 11.5 Å². The highest BCUT2D eigenvalue weighted by Crippen LogP contribution is 2.34. The highest BCUT2D eigenvalue weighted by Gasteiger charge is 2.41. The second-order valence-electron chi connectivity index (χ2n) is 7.06. The molecule has 2 aliphatic rings. The summed E-state index contributed by atoms with van der Waals surface area (Å²) in [6, 6.07) is 6.28. The summed E-state index contributed by atoms with van der Waals surface area (Å²) in [5, 5.41) is 3.79. The molecule has 0 radical (unpaired) electrons. The third-order valence-electron chi connectivity index (χ3n) is 5.31. The van der Waals surface area contributed by atoms with E-state index in [1.807, 2.05) is 48.2 Å². The molecule has 1 aliphatic heterocycles. The number of hydrogen-bond donors (Lipinski definition) is 2. The number of nitrogens with one attached hydrogen (secondary N) is 1. The molecular weight excluding hydrogens is 360 g/mol. The van der Waals surface area contributed by atoms with Crippen LogP contribution in [-0.2, 0) is 11.2 Å². The number of ether oxygens (including phenoxy) is 2. The molecule has 27 heavy (non-hydrogen) atoms. The number of allylic oxidation sites excluding steroid dienone is 2. The van der Waals surface area contributed by atoms with E-state index in [2.05, 4.69) is 11.4 Å². The van der Waals surface area contributed by atoms with Gasteiger partial charge in [-0.05, 0) is 48.5 Å². The minimum Gasteiger partial charge on any atom is -0.493 e. The predicted octanol–water partition coefficient (Wildman–Crippen LogP) is 2.70. The summed E-state index contributed by atoms with van der Waals surface area (Å²) < 4.78 is 10.8. The highest BCUT2D eigenvalue weighted by atomic mass is 32.2. The fraction of sp³-hybridized carbons (Fsp3) is 0.476. The number of hydrogen-bond acceptors (Lipinski definition) is 5. The van der Waals surface area contributed by atoms with Crippen LogP contribution in [0.15, 0.2) is 42.5 Å². The lowest BCUT2D eigenvalue weighted by Crippen LogP contribution is -2.59. The van der Waals surface area contributed by atoms with Crippen molar-refractivity contribution in [3.8, 4) is 11.5 Å². The lowest BCUT2D eigenvalue weighted by atomic mass is 9.75. The Morgan fingerprint density at radius 1 is 1.22 bits per heavy atom. The van der Waals surface area contributed by atoms with Crippen molar-refractivity contribution in [1.82, 2.24) is 5.32 Å². The van der Waals surface area contributed by atoms with E-state index in [0.29, 0.717) is 24.0 Å². The third kappa shape index (κ3) is 4.50. The summed E-state index contributed by atoms with van der Waals surface area (Å²) in [4.78, 5) is 12.3. The number of amides is 1. The van der Waals surface area contributed by atoms with Gasteiger partial charge in [0.2, 0.25) is 5.91 Å². The Morgan fingerprint density at radius 3 is 2.63 bits per heavy atom. The normalized spacial score (nSPS) is 25.3. The van der Waals surface area contributed by atoms with Crippen LogP contribution in [0.25, 0.3) is 0 Å². The van der Waals surface area contributed by atoms with E-state index in [4.69, 9.17) is 15.2 Å². The van der Waals surface area contributed by atoms with E-state index in [1.54, 1.807) is 14.2 Å². The molecule has 1 fully saturated rings. The van der Waals surface area contributed by atoms with Crippen LogP contribution in [0, 0.1) is 5.92 Å². The predicted molar refractivity (Wildman–Crippen MR) is 110 cm³/mol. The Balaban J connectivity index is 1.93.